The lowest BCUT2D eigenvalue weighted by Crippen LogP contribution is -2.43. The van der Waals surface area contributed by atoms with Crippen molar-refractivity contribution >= 4 is 16.8 Å². The average molecular weight is 521 g/mol. The molecule has 5 rings (SSSR count). The molecule has 3 aromatic rings. The lowest BCUT2D eigenvalue weighted by atomic mass is 9.94. The summed E-state index contributed by atoms with van der Waals surface area (Å²) in [4.78, 5) is 30.8. The van der Waals surface area contributed by atoms with Gasteiger partial charge in [-0.3, -0.25) is 9.59 Å². The number of likely N-dealkylation sites (tertiary alicyclic amines) is 1. The van der Waals surface area contributed by atoms with Gasteiger partial charge < -0.3 is 24.1 Å². The zero-order chi connectivity index (χ0) is 26.9. The van der Waals surface area contributed by atoms with E-state index in [9.17, 15) is 9.59 Å². The molecule has 2 aliphatic heterocycles. The molecule has 7 nitrogen and oxygen atoms in total. The van der Waals surface area contributed by atoms with Gasteiger partial charge in [0.2, 0.25) is 5.91 Å². The fraction of sp³-hybridized carbons (Fsp3) is 0.484. The lowest BCUT2D eigenvalue weighted by Gasteiger charge is -2.35. The van der Waals surface area contributed by atoms with Crippen molar-refractivity contribution in [2.75, 3.05) is 32.9 Å². The van der Waals surface area contributed by atoms with Crippen molar-refractivity contribution in [2.24, 2.45) is 11.8 Å². The van der Waals surface area contributed by atoms with Gasteiger partial charge in [-0.1, -0.05) is 32.0 Å². The van der Waals surface area contributed by atoms with Gasteiger partial charge in [0.1, 0.15) is 18.1 Å². The SMILES string of the molecule is CC.Cc1c(COc2cccc(OCC3CCN(C(=O)C4CCOCC4)CC3)c2)[nH]c2ccccc2c1=O. The van der Waals surface area contributed by atoms with Gasteiger partial charge in [-0.15, -0.1) is 0 Å². The molecule has 38 heavy (non-hydrogen) atoms. The molecule has 0 aliphatic carbocycles. The van der Waals surface area contributed by atoms with Crippen LogP contribution in [-0.4, -0.2) is 48.7 Å². The van der Waals surface area contributed by atoms with Crippen LogP contribution >= 0.6 is 0 Å². The second-order valence-electron chi connectivity index (χ2n) is 9.83. The van der Waals surface area contributed by atoms with Crippen molar-refractivity contribution in [1.82, 2.24) is 9.88 Å². The van der Waals surface area contributed by atoms with E-state index in [0.29, 0.717) is 48.3 Å². The second kappa shape index (κ2) is 13.5. The van der Waals surface area contributed by atoms with Crippen LogP contribution < -0.4 is 14.9 Å². The number of benzene rings is 2. The number of aromatic amines is 1. The number of pyridine rings is 1. The van der Waals surface area contributed by atoms with Gasteiger partial charge in [-0.05, 0) is 62.8 Å². The van der Waals surface area contributed by atoms with Crippen LogP contribution in [0.3, 0.4) is 0 Å². The minimum atomic E-state index is 0.0283. The fourth-order valence-electron chi connectivity index (χ4n) is 5.08. The Morgan fingerprint density at radius 3 is 2.39 bits per heavy atom. The maximum Gasteiger partial charge on any atom is 0.225 e. The van der Waals surface area contributed by atoms with Gasteiger partial charge in [-0.2, -0.15) is 0 Å². The number of nitrogens with one attached hydrogen (secondary N) is 1. The predicted octanol–water partition coefficient (Wildman–Crippen LogP) is 5.49. The molecule has 204 valence electrons. The third-order valence-corrected chi connectivity index (χ3v) is 7.42. The monoisotopic (exact) mass is 520 g/mol. The molecule has 0 unspecified atom stereocenters. The van der Waals surface area contributed by atoms with E-state index in [1.54, 1.807) is 0 Å². The van der Waals surface area contributed by atoms with Gasteiger partial charge in [0, 0.05) is 54.8 Å². The Labute approximate surface area is 225 Å². The third-order valence-electron chi connectivity index (χ3n) is 7.42. The summed E-state index contributed by atoms with van der Waals surface area (Å²) in [6.45, 7) is 9.72. The first-order valence-electron chi connectivity index (χ1n) is 13.9. The van der Waals surface area contributed by atoms with Gasteiger partial charge in [-0.25, -0.2) is 0 Å². The van der Waals surface area contributed by atoms with Crippen LogP contribution in [0.1, 0.15) is 50.8 Å². The molecule has 0 atom stereocenters. The fourth-order valence-corrected chi connectivity index (χ4v) is 5.08. The summed E-state index contributed by atoms with van der Waals surface area (Å²) in [5.41, 5.74) is 2.28. The Morgan fingerprint density at radius 2 is 1.66 bits per heavy atom. The Bertz CT molecular complexity index is 1260. The molecule has 2 fully saturated rings. The summed E-state index contributed by atoms with van der Waals surface area (Å²) >= 11 is 0. The molecule has 1 aromatic heterocycles. The molecule has 2 saturated heterocycles. The predicted molar refractivity (Wildman–Crippen MR) is 150 cm³/mol. The maximum atomic E-state index is 12.8. The maximum absolute atomic E-state index is 12.8. The normalized spacial score (nSPS) is 16.6. The van der Waals surface area contributed by atoms with Crippen molar-refractivity contribution in [3.63, 3.8) is 0 Å². The van der Waals surface area contributed by atoms with E-state index in [0.717, 1.165) is 55.7 Å². The number of carbonyl (C=O) groups excluding carboxylic acids is 1. The van der Waals surface area contributed by atoms with Crippen molar-refractivity contribution in [2.45, 2.75) is 53.1 Å². The smallest absolute Gasteiger partial charge is 0.225 e. The molecule has 7 heteroatoms. The van der Waals surface area contributed by atoms with E-state index in [2.05, 4.69) is 4.98 Å². The molecule has 2 aromatic carbocycles. The van der Waals surface area contributed by atoms with E-state index in [4.69, 9.17) is 14.2 Å². The number of hydrogen-bond donors (Lipinski definition) is 1. The molecule has 0 bridgehead atoms. The number of aromatic nitrogens is 1. The summed E-state index contributed by atoms with van der Waals surface area (Å²) in [7, 11) is 0. The van der Waals surface area contributed by atoms with Crippen molar-refractivity contribution in [3.8, 4) is 11.5 Å². The number of carbonyl (C=O) groups is 1. The number of piperidine rings is 1. The van der Waals surface area contributed by atoms with Gasteiger partial charge >= 0.3 is 0 Å². The van der Waals surface area contributed by atoms with Crippen LogP contribution in [0.4, 0.5) is 0 Å². The molecule has 1 N–H and O–H groups in total. The molecule has 0 saturated carbocycles. The average Bonchev–Trinajstić information content (AvgIpc) is 2.99. The molecule has 2 aliphatic rings. The van der Waals surface area contributed by atoms with Crippen LogP contribution in [0, 0.1) is 18.8 Å². The van der Waals surface area contributed by atoms with E-state index >= 15 is 0 Å². The van der Waals surface area contributed by atoms with Crippen LogP contribution in [0.2, 0.25) is 0 Å². The van der Waals surface area contributed by atoms with E-state index in [1.165, 1.54) is 0 Å². The highest BCUT2D eigenvalue weighted by Gasteiger charge is 2.29. The molecular weight excluding hydrogens is 480 g/mol. The summed E-state index contributed by atoms with van der Waals surface area (Å²) in [6.07, 6.45) is 3.60. The number of amides is 1. The number of ether oxygens (including phenoxy) is 3. The topological polar surface area (TPSA) is 80.9 Å². The van der Waals surface area contributed by atoms with E-state index < -0.39 is 0 Å². The minimum absolute atomic E-state index is 0.0283. The van der Waals surface area contributed by atoms with Gasteiger partial charge in [0.15, 0.2) is 5.43 Å². The van der Waals surface area contributed by atoms with Crippen molar-refractivity contribution < 1.29 is 19.0 Å². The van der Waals surface area contributed by atoms with E-state index in [1.807, 2.05) is 74.2 Å². The zero-order valence-corrected chi connectivity index (χ0v) is 22.8. The van der Waals surface area contributed by atoms with Gasteiger partial charge in [0.05, 0.1) is 12.3 Å². The highest BCUT2D eigenvalue weighted by atomic mass is 16.5. The molecule has 0 spiro atoms. The van der Waals surface area contributed by atoms with Crippen LogP contribution in [-0.2, 0) is 16.1 Å². The first-order valence-corrected chi connectivity index (χ1v) is 13.9. The molecular formula is C31H40N2O5. The third kappa shape index (κ3) is 6.76. The molecule has 3 heterocycles. The van der Waals surface area contributed by atoms with Crippen molar-refractivity contribution in [3.05, 3.63) is 70.0 Å². The standard InChI is InChI=1S/C29H34N2O5.C2H6/c1-20-27(30-26-8-3-2-7-25(26)28(20)32)19-36-24-6-4-5-23(17-24)35-18-21-9-13-31(14-10-21)29(33)22-11-15-34-16-12-22;1-2/h2-8,17,21-22H,9-16,18-19H2,1H3,(H,30,32);1-2H3. The van der Waals surface area contributed by atoms with Crippen LogP contribution in [0.25, 0.3) is 10.9 Å². The number of hydrogen-bond acceptors (Lipinski definition) is 5. The lowest BCUT2D eigenvalue weighted by molar-refractivity contribution is -0.140. The number of fused-ring (bicyclic) bond motifs is 1. The minimum Gasteiger partial charge on any atom is -0.493 e. The highest BCUT2D eigenvalue weighted by Crippen LogP contribution is 2.25. The Balaban J connectivity index is 0.00000164. The summed E-state index contributed by atoms with van der Waals surface area (Å²) in [5.74, 6) is 2.31. The Hall–Kier alpha value is -3.32. The van der Waals surface area contributed by atoms with Crippen LogP contribution in [0.15, 0.2) is 53.3 Å². The number of rotatable bonds is 7. The zero-order valence-electron chi connectivity index (χ0n) is 22.8. The summed E-state index contributed by atoms with van der Waals surface area (Å²) in [6, 6.07) is 15.1. The quantitative estimate of drug-likeness (QED) is 0.446. The molecule has 0 radical (unpaired) electrons. The van der Waals surface area contributed by atoms with Gasteiger partial charge in [0.25, 0.3) is 0 Å². The number of H-pyrrole nitrogens is 1. The first-order chi connectivity index (χ1) is 18.6. The van der Waals surface area contributed by atoms with E-state index in [-0.39, 0.29) is 18.0 Å². The highest BCUT2D eigenvalue weighted by molar-refractivity contribution is 5.79. The summed E-state index contributed by atoms with van der Waals surface area (Å²) < 4.78 is 17.5. The van der Waals surface area contributed by atoms with Crippen molar-refractivity contribution in [1.29, 1.82) is 0 Å². The second-order valence-corrected chi connectivity index (χ2v) is 9.83. The largest absolute Gasteiger partial charge is 0.493 e. The first kappa shape index (κ1) is 27.7. The number of para-hydroxylation sites is 1. The van der Waals surface area contributed by atoms with Crippen LogP contribution in [0.5, 0.6) is 11.5 Å². The number of nitrogens with zero attached hydrogens (tertiary/aromatic N) is 1. The Morgan fingerprint density at radius 1 is 0.974 bits per heavy atom. The summed E-state index contributed by atoms with van der Waals surface area (Å²) in [5, 5.41) is 0.688. The molecule has 1 amide bonds. The Kier molecular flexibility index (Phi) is 9.82.